The van der Waals surface area contributed by atoms with Crippen molar-refractivity contribution in [3.8, 4) is 0 Å². The SMILES string of the molecule is C=CCC(C)(C)/C(=N/O)C(C)(C)C(=C)C. The molecule has 1 N–H and O–H groups in total. The van der Waals surface area contributed by atoms with Gasteiger partial charge in [0.25, 0.3) is 0 Å². The van der Waals surface area contributed by atoms with Crippen LogP contribution in [-0.2, 0) is 0 Å². The summed E-state index contributed by atoms with van der Waals surface area (Å²) in [5.41, 5.74) is 1.26. The quantitative estimate of drug-likeness (QED) is 0.315. The van der Waals surface area contributed by atoms with Gasteiger partial charge < -0.3 is 5.21 Å². The lowest BCUT2D eigenvalue weighted by atomic mass is 9.68. The lowest BCUT2D eigenvalue weighted by Crippen LogP contribution is -2.37. The Bertz CT molecular complexity index is 285. The molecule has 0 spiro atoms. The van der Waals surface area contributed by atoms with Crippen LogP contribution in [0.5, 0.6) is 0 Å². The van der Waals surface area contributed by atoms with Gasteiger partial charge in [0.1, 0.15) is 0 Å². The Kier molecular flexibility index (Phi) is 4.32. The first-order valence-corrected chi connectivity index (χ1v) is 5.20. The molecule has 0 aliphatic heterocycles. The molecule has 0 fully saturated rings. The maximum atomic E-state index is 9.19. The van der Waals surface area contributed by atoms with E-state index in [1.807, 2.05) is 26.8 Å². The van der Waals surface area contributed by atoms with Crippen LogP contribution in [0.3, 0.4) is 0 Å². The normalized spacial score (nSPS) is 13.8. The van der Waals surface area contributed by atoms with Crippen molar-refractivity contribution >= 4 is 5.71 Å². The van der Waals surface area contributed by atoms with Crippen LogP contribution in [0.15, 0.2) is 30.0 Å². The largest absolute Gasteiger partial charge is 0.411 e. The molecule has 2 heteroatoms. The zero-order chi connectivity index (χ0) is 12.3. The van der Waals surface area contributed by atoms with Gasteiger partial charge in [0, 0.05) is 10.8 Å². The third kappa shape index (κ3) is 2.95. The lowest BCUT2D eigenvalue weighted by Gasteiger charge is -2.36. The number of oxime groups is 1. The van der Waals surface area contributed by atoms with E-state index in [1.54, 1.807) is 0 Å². The Morgan fingerprint density at radius 2 is 1.80 bits per heavy atom. The Hall–Kier alpha value is -1.05. The van der Waals surface area contributed by atoms with E-state index in [2.05, 4.69) is 32.2 Å². The van der Waals surface area contributed by atoms with E-state index in [1.165, 1.54) is 0 Å². The second-order valence-electron chi connectivity index (χ2n) is 5.23. The van der Waals surface area contributed by atoms with Crippen molar-refractivity contribution in [2.75, 3.05) is 0 Å². The summed E-state index contributed by atoms with van der Waals surface area (Å²) in [5.74, 6) is 0. The highest BCUT2D eigenvalue weighted by Gasteiger charge is 2.37. The fourth-order valence-corrected chi connectivity index (χ4v) is 1.77. The van der Waals surface area contributed by atoms with Crippen LogP contribution < -0.4 is 0 Å². The maximum Gasteiger partial charge on any atom is 0.0725 e. The molecule has 15 heavy (non-hydrogen) atoms. The van der Waals surface area contributed by atoms with Crippen molar-refractivity contribution in [2.24, 2.45) is 16.0 Å². The highest BCUT2D eigenvalue weighted by Crippen LogP contribution is 2.37. The molecule has 0 aliphatic rings. The molecular formula is C13H23NO. The molecule has 86 valence electrons. The third-order valence-corrected chi connectivity index (χ3v) is 3.05. The van der Waals surface area contributed by atoms with Gasteiger partial charge in [0.2, 0.25) is 0 Å². The van der Waals surface area contributed by atoms with Gasteiger partial charge >= 0.3 is 0 Å². The van der Waals surface area contributed by atoms with Gasteiger partial charge in [0.15, 0.2) is 0 Å². The lowest BCUT2D eigenvalue weighted by molar-refractivity contribution is 0.296. The number of hydrogen-bond acceptors (Lipinski definition) is 2. The Labute approximate surface area is 93.4 Å². The molecule has 0 saturated carbocycles. The Morgan fingerprint density at radius 3 is 2.07 bits per heavy atom. The molecule has 0 rings (SSSR count). The zero-order valence-electron chi connectivity index (χ0n) is 10.6. The summed E-state index contributed by atoms with van der Waals surface area (Å²) in [6.45, 7) is 17.8. The van der Waals surface area contributed by atoms with Crippen molar-refractivity contribution in [2.45, 2.75) is 41.0 Å². The molecule has 0 amide bonds. The van der Waals surface area contributed by atoms with Crippen LogP contribution in [0, 0.1) is 10.8 Å². The van der Waals surface area contributed by atoms with Gasteiger partial charge in [0.05, 0.1) is 5.71 Å². The van der Waals surface area contributed by atoms with Crippen molar-refractivity contribution in [3.63, 3.8) is 0 Å². The fraction of sp³-hybridized carbons (Fsp3) is 0.615. The van der Waals surface area contributed by atoms with Crippen LogP contribution >= 0.6 is 0 Å². The Balaban J connectivity index is 5.27. The summed E-state index contributed by atoms with van der Waals surface area (Å²) in [6.07, 6.45) is 2.63. The summed E-state index contributed by atoms with van der Waals surface area (Å²) >= 11 is 0. The number of rotatable bonds is 5. The predicted molar refractivity (Wildman–Crippen MR) is 66.4 cm³/mol. The molecule has 2 nitrogen and oxygen atoms in total. The van der Waals surface area contributed by atoms with Crippen LogP contribution in [0.4, 0.5) is 0 Å². The summed E-state index contributed by atoms with van der Waals surface area (Å²) in [7, 11) is 0. The van der Waals surface area contributed by atoms with Crippen molar-refractivity contribution in [1.29, 1.82) is 0 Å². The highest BCUT2D eigenvalue weighted by atomic mass is 16.4. The molecular weight excluding hydrogens is 186 g/mol. The van der Waals surface area contributed by atoms with E-state index in [-0.39, 0.29) is 10.8 Å². The van der Waals surface area contributed by atoms with E-state index in [4.69, 9.17) is 0 Å². The van der Waals surface area contributed by atoms with Gasteiger partial charge in [-0.05, 0) is 13.3 Å². The third-order valence-electron chi connectivity index (χ3n) is 3.05. The minimum absolute atomic E-state index is 0.195. The van der Waals surface area contributed by atoms with Crippen LogP contribution in [-0.4, -0.2) is 10.9 Å². The first kappa shape index (κ1) is 13.9. The second kappa shape index (κ2) is 4.65. The van der Waals surface area contributed by atoms with E-state index in [9.17, 15) is 5.21 Å². The molecule has 0 bridgehead atoms. The summed E-state index contributed by atoms with van der Waals surface area (Å²) < 4.78 is 0. The molecule has 0 unspecified atom stereocenters. The van der Waals surface area contributed by atoms with Crippen molar-refractivity contribution in [1.82, 2.24) is 0 Å². The van der Waals surface area contributed by atoms with Gasteiger partial charge in [-0.15, -0.1) is 6.58 Å². The molecule has 0 aliphatic carbocycles. The van der Waals surface area contributed by atoms with Crippen molar-refractivity contribution in [3.05, 3.63) is 24.8 Å². The smallest absolute Gasteiger partial charge is 0.0725 e. The van der Waals surface area contributed by atoms with Crippen LogP contribution in [0.2, 0.25) is 0 Å². The molecule has 0 heterocycles. The van der Waals surface area contributed by atoms with Gasteiger partial charge in [-0.2, -0.15) is 0 Å². The van der Waals surface area contributed by atoms with Crippen molar-refractivity contribution < 1.29 is 5.21 Å². The number of nitrogens with zero attached hydrogens (tertiary/aromatic N) is 1. The topological polar surface area (TPSA) is 32.6 Å². The first-order valence-electron chi connectivity index (χ1n) is 5.20. The monoisotopic (exact) mass is 209 g/mol. The molecule has 0 aromatic rings. The van der Waals surface area contributed by atoms with Gasteiger partial charge in [-0.1, -0.05) is 51.1 Å². The molecule has 0 atom stereocenters. The number of hydrogen-bond donors (Lipinski definition) is 1. The first-order chi connectivity index (χ1) is 6.70. The standard InChI is InChI=1S/C13H23NO/c1-8-9-12(4,5)11(14-15)13(6,7)10(2)3/h8,15H,1-2,9H2,3-7H3/b14-11-. The molecule has 0 aromatic carbocycles. The average molecular weight is 209 g/mol. The zero-order valence-corrected chi connectivity index (χ0v) is 10.6. The van der Waals surface area contributed by atoms with E-state index in [0.717, 1.165) is 17.7 Å². The van der Waals surface area contributed by atoms with Gasteiger partial charge in [-0.3, -0.25) is 0 Å². The minimum Gasteiger partial charge on any atom is -0.411 e. The predicted octanol–water partition coefficient (Wildman–Crippen LogP) is 4.02. The second-order valence-corrected chi connectivity index (χ2v) is 5.23. The molecule has 0 aromatic heterocycles. The van der Waals surface area contributed by atoms with Crippen LogP contribution in [0.25, 0.3) is 0 Å². The summed E-state index contributed by atoms with van der Waals surface area (Å²) in [4.78, 5) is 0. The maximum absolute atomic E-state index is 9.19. The van der Waals surface area contributed by atoms with Crippen LogP contribution in [0.1, 0.15) is 41.0 Å². The Morgan fingerprint density at radius 1 is 1.33 bits per heavy atom. The molecule has 0 saturated heterocycles. The molecule has 0 radical (unpaired) electrons. The average Bonchev–Trinajstić information content (AvgIpc) is 2.03. The van der Waals surface area contributed by atoms with E-state index in [0.29, 0.717) is 0 Å². The minimum atomic E-state index is -0.290. The summed E-state index contributed by atoms with van der Waals surface area (Å²) in [5, 5.41) is 12.7. The fourth-order valence-electron chi connectivity index (χ4n) is 1.77. The number of allylic oxidation sites excluding steroid dienone is 2. The summed E-state index contributed by atoms with van der Waals surface area (Å²) in [6, 6.07) is 0. The van der Waals surface area contributed by atoms with E-state index < -0.39 is 0 Å². The van der Waals surface area contributed by atoms with Gasteiger partial charge in [-0.25, -0.2) is 0 Å². The van der Waals surface area contributed by atoms with E-state index >= 15 is 0 Å². The highest BCUT2D eigenvalue weighted by molar-refractivity contribution is 5.96.